The van der Waals surface area contributed by atoms with Gasteiger partial charge in [0.05, 0.1) is 0 Å². The van der Waals surface area contributed by atoms with Crippen LogP contribution in [0.5, 0.6) is 0 Å². The molecule has 2 rings (SSSR count). The fourth-order valence-corrected chi connectivity index (χ4v) is 2.62. The summed E-state index contributed by atoms with van der Waals surface area (Å²) in [5, 5.41) is 3.53. The molecule has 1 aliphatic rings. The van der Waals surface area contributed by atoms with Gasteiger partial charge in [-0.3, -0.25) is 0 Å². The molecule has 0 aromatic carbocycles. The van der Waals surface area contributed by atoms with E-state index in [1.165, 1.54) is 18.4 Å². The monoisotopic (exact) mass is 261 g/mol. The van der Waals surface area contributed by atoms with E-state index in [1.54, 1.807) is 0 Å². The molecule has 1 aliphatic heterocycles. The molecule has 1 N–H and O–H groups in total. The standard InChI is InChI=1S/C16H27N3/c1-15(2,3)18-12-13-7-9-17-14(11-13)19-10-6-8-16(19,4)5/h7,9,11,18H,6,8,10,12H2,1-5H3. The van der Waals surface area contributed by atoms with E-state index in [-0.39, 0.29) is 11.1 Å². The Kier molecular flexibility index (Phi) is 3.86. The fourth-order valence-electron chi connectivity index (χ4n) is 2.62. The Morgan fingerprint density at radius 1 is 1.37 bits per heavy atom. The normalized spacial score (nSPS) is 18.9. The first-order valence-corrected chi connectivity index (χ1v) is 7.26. The average molecular weight is 261 g/mol. The first kappa shape index (κ1) is 14.3. The molecule has 1 saturated heterocycles. The molecular formula is C16H27N3. The van der Waals surface area contributed by atoms with Crippen LogP contribution in [0.1, 0.15) is 53.0 Å². The highest BCUT2D eigenvalue weighted by molar-refractivity contribution is 5.45. The Labute approximate surface area is 117 Å². The molecular weight excluding hydrogens is 234 g/mol. The third kappa shape index (κ3) is 3.69. The summed E-state index contributed by atoms with van der Waals surface area (Å²) in [6.45, 7) is 13.2. The number of anilines is 1. The van der Waals surface area contributed by atoms with Crippen LogP contribution in [0, 0.1) is 0 Å². The van der Waals surface area contributed by atoms with Gasteiger partial charge in [-0.05, 0) is 65.2 Å². The van der Waals surface area contributed by atoms with Crippen molar-refractivity contribution in [2.45, 2.75) is 65.1 Å². The van der Waals surface area contributed by atoms with Crippen molar-refractivity contribution in [3.8, 4) is 0 Å². The van der Waals surface area contributed by atoms with Crippen LogP contribution in [-0.4, -0.2) is 22.6 Å². The van der Waals surface area contributed by atoms with E-state index in [1.807, 2.05) is 6.20 Å². The van der Waals surface area contributed by atoms with Gasteiger partial charge in [0.1, 0.15) is 5.82 Å². The molecule has 0 amide bonds. The van der Waals surface area contributed by atoms with Crippen LogP contribution in [-0.2, 0) is 6.54 Å². The van der Waals surface area contributed by atoms with Crippen LogP contribution in [0.2, 0.25) is 0 Å². The average Bonchev–Trinajstić information content (AvgIpc) is 2.66. The van der Waals surface area contributed by atoms with E-state index in [0.717, 1.165) is 18.9 Å². The summed E-state index contributed by atoms with van der Waals surface area (Å²) >= 11 is 0. The van der Waals surface area contributed by atoms with Crippen molar-refractivity contribution in [3.63, 3.8) is 0 Å². The molecule has 3 heteroatoms. The van der Waals surface area contributed by atoms with Crippen molar-refractivity contribution in [1.29, 1.82) is 0 Å². The topological polar surface area (TPSA) is 28.2 Å². The Balaban J connectivity index is 2.11. The summed E-state index contributed by atoms with van der Waals surface area (Å²) in [5.74, 6) is 1.12. The third-order valence-electron chi connectivity index (χ3n) is 3.81. The van der Waals surface area contributed by atoms with Gasteiger partial charge in [-0.2, -0.15) is 0 Å². The van der Waals surface area contributed by atoms with Crippen LogP contribution in [0.3, 0.4) is 0 Å². The minimum Gasteiger partial charge on any atom is -0.351 e. The molecule has 0 spiro atoms. The van der Waals surface area contributed by atoms with Gasteiger partial charge in [0.25, 0.3) is 0 Å². The van der Waals surface area contributed by atoms with Crippen LogP contribution in [0.15, 0.2) is 18.3 Å². The zero-order valence-electron chi connectivity index (χ0n) is 13.0. The fraction of sp³-hybridized carbons (Fsp3) is 0.688. The molecule has 1 aromatic rings. The van der Waals surface area contributed by atoms with Gasteiger partial charge in [-0.1, -0.05) is 0 Å². The minimum absolute atomic E-state index is 0.149. The van der Waals surface area contributed by atoms with Gasteiger partial charge in [-0.25, -0.2) is 4.98 Å². The van der Waals surface area contributed by atoms with Gasteiger partial charge in [0.2, 0.25) is 0 Å². The summed E-state index contributed by atoms with van der Waals surface area (Å²) in [6, 6.07) is 4.33. The SMILES string of the molecule is CC(C)(C)NCc1ccnc(N2CCCC2(C)C)c1. The van der Waals surface area contributed by atoms with Crippen molar-refractivity contribution in [2.75, 3.05) is 11.4 Å². The Morgan fingerprint density at radius 2 is 2.11 bits per heavy atom. The first-order chi connectivity index (χ1) is 8.78. The van der Waals surface area contributed by atoms with E-state index >= 15 is 0 Å². The molecule has 2 heterocycles. The smallest absolute Gasteiger partial charge is 0.129 e. The van der Waals surface area contributed by atoms with E-state index < -0.39 is 0 Å². The number of nitrogens with zero attached hydrogens (tertiary/aromatic N) is 2. The summed E-state index contributed by atoms with van der Waals surface area (Å²) < 4.78 is 0. The second-order valence-corrected chi connectivity index (χ2v) is 7.19. The highest BCUT2D eigenvalue weighted by atomic mass is 15.3. The maximum atomic E-state index is 4.56. The molecule has 0 aliphatic carbocycles. The Bertz CT molecular complexity index is 432. The molecule has 0 radical (unpaired) electrons. The maximum Gasteiger partial charge on any atom is 0.129 e. The molecule has 0 atom stereocenters. The molecule has 3 nitrogen and oxygen atoms in total. The largest absolute Gasteiger partial charge is 0.351 e. The third-order valence-corrected chi connectivity index (χ3v) is 3.81. The van der Waals surface area contributed by atoms with Crippen LogP contribution in [0.25, 0.3) is 0 Å². The molecule has 1 fully saturated rings. The predicted octanol–water partition coefficient (Wildman–Crippen LogP) is 3.35. The number of nitrogens with one attached hydrogen (secondary N) is 1. The first-order valence-electron chi connectivity index (χ1n) is 7.26. The lowest BCUT2D eigenvalue weighted by Gasteiger charge is -2.33. The number of hydrogen-bond acceptors (Lipinski definition) is 3. The lowest BCUT2D eigenvalue weighted by Crippen LogP contribution is -2.39. The number of aromatic nitrogens is 1. The number of hydrogen-bond donors (Lipinski definition) is 1. The van der Waals surface area contributed by atoms with Gasteiger partial charge in [-0.15, -0.1) is 0 Å². The summed E-state index contributed by atoms with van der Waals surface area (Å²) in [7, 11) is 0. The van der Waals surface area contributed by atoms with Crippen molar-refractivity contribution in [1.82, 2.24) is 10.3 Å². The summed E-state index contributed by atoms with van der Waals surface area (Å²) in [4.78, 5) is 7.00. The van der Waals surface area contributed by atoms with Crippen molar-refractivity contribution < 1.29 is 0 Å². The number of rotatable bonds is 3. The summed E-state index contributed by atoms with van der Waals surface area (Å²) in [6.07, 6.45) is 4.45. The van der Waals surface area contributed by atoms with Gasteiger partial charge in [0.15, 0.2) is 0 Å². The van der Waals surface area contributed by atoms with Gasteiger partial charge in [0, 0.05) is 30.4 Å². The van der Waals surface area contributed by atoms with Gasteiger partial charge >= 0.3 is 0 Å². The van der Waals surface area contributed by atoms with Crippen LogP contribution < -0.4 is 10.2 Å². The Hall–Kier alpha value is -1.09. The van der Waals surface area contributed by atoms with Crippen molar-refractivity contribution in [2.24, 2.45) is 0 Å². The Morgan fingerprint density at radius 3 is 2.68 bits per heavy atom. The second-order valence-electron chi connectivity index (χ2n) is 7.19. The maximum absolute atomic E-state index is 4.56. The van der Waals surface area contributed by atoms with E-state index in [0.29, 0.717) is 0 Å². The lowest BCUT2D eigenvalue weighted by molar-refractivity contribution is 0.424. The van der Waals surface area contributed by atoms with Crippen molar-refractivity contribution >= 4 is 5.82 Å². The van der Waals surface area contributed by atoms with E-state index in [4.69, 9.17) is 0 Å². The second kappa shape index (κ2) is 5.12. The number of pyridine rings is 1. The molecule has 19 heavy (non-hydrogen) atoms. The molecule has 0 bridgehead atoms. The molecule has 0 saturated carbocycles. The predicted molar refractivity (Wildman–Crippen MR) is 81.5 cm³/mol. The molecule has 0 unspecified atom stereocenters. The highest BCUT2D eigenvalue weighted by Gasteiger charge is 2.32. The molecule has 106 valence electrons. The molecule has 1 aromatic heterocycles. The van der Waals surface area contributed by atoms with Gasteiger partial charge < -0.3 is 10.2 Å². The van der Waals surface area contributed by atoms with E-state index in [9.17, 15) is 0 Å². The van der Waals surface area contributed by atoms with Crippen molar-refractivity contribution in [3.05, 3.63) is 23.9 Å². The van der Waals surface area contributed by atoms with Crippen LogP contribution >= 0.6 is 0 Å². The van der Waals surface area contributed by atoms with E-state index in [2.05, 4.69) is 62.0 Å². The summed E-state index contributed by atoms with van der Waals surface area (Å²) in [5.41, 5.74) is 1.70. The quantitative estimate of drug-likeness (QED) is 0.904. The highest BCUT2D eigenvalue weighted by Crippen LogP contribution is 2.32. The minimum atomic E-state index is 0.149. The van der Waals surface area contributed by atoms with Crippen LogP contribution in [0.4, 0.5) is 5.82 Å². The lowest BCUT2D eigenvalue weighted by atomic mass is 10.0. The zero-order chi connectivity index (χ0) is 14.1. The zero-order valence-corrected chi connectivity index (χ0v) is 13.0.